The molecule has 0 atom stereocenters. The van der Waals surface area contributed by atoms with Crippen molar-refractivity contribution in [1.82, 2.24) is 3.56 Å². The van der Waals surface area contributed by atoms with Crippen LogP contribution in [0.15, 0.2) is 53.3 Å². The number of fused-ring (bicyclic) bond motifs is 1. The Morgan fingerprint density at radius 1 is 1.05 bits per heavy atom. The third kappa shape index (κ3) is 2.03. The van der Waals surface area contributed by atoms with Crippen molar-refractivity contribution < 1.29 is 4.79 Å². The average molecular weight is 317 g/mol. The van der Waals surface area contributed by atoms with Crippen molar-refractivity contribution in [3.8, 4) is 5.69 Å². The Hall–Kier alpha value is -2.10. The van der Waals surface area contributed by atoms with Crippen LogP contribution in [0.2, 0.25) is 0 Å². The Kier molecular flexibility index (Phi) is 2.85. The van der Waals surface area contributed by atoms with E-state index >= 15 is 0 Å². The van der Waals surface area contributed by atoms with Crippen LogP contribution in [0.5, 0.6) is 0 Å². The summed E-state index contributed by atoms with van der Waals surface area (Å²) in [6, 6.07) is 14.4. The van der Waals surface area contributed by atoms with E-state index in [1.54, 1.807) is 27.8 Å². The van der Waals surface area contributed by atoms with E-state index in [-0.39, 0.29) is 20.3 Å². The van der Waals surface area contributed by atoms with Gasteiger partial charge in [0, 0.05) is 0 Å². The van der Waals surface area contributed by atoms with Gasteiger partial charge in [-0.3, -0.25) is 0 Å². The van der Waals surface area contributed by atoms with Gasteiger partial charge in [-0.15, -0.1) is 0 Å². The van der Waals surface area contributed by atoms with Crippen LogP contribution in [0.4, 0.5) is 0 Å². The molecule has 1 amide bonds. The van der Waals surface area contributed by atoms with Crippen LogP contribution in [0, 0.1) is 0 Å². The standard InChI is InChI=1S/C14H10N2O2Se/c15-13(17)9-5-7-10(8-6-9)16-14(18)11-3-1-2-4-12(11)19-16/h1-8H,(H2,15,17). The topological polar surface area (TPSA) is 65.1 Å². The summed E-state index contributed by atoms with van der Waals surface area (Å²) >= 11 is -0.0537. The first kappa shape index (κ1) is 12.0. The summed E-state index contributed by atoms with van der Waals surface area (Å²) in [4.78, 5) is 23.3. The van der Waals surface area contributed by atoms with Crippen LogP contribution in [-0.2, 0) is 0 Å². The van der Waals surface area contributed by atoms with Gasteiger partial charge in [0.1, 0.15) is 0 Å². The number of hydrogen-bond donors (Lipinski definition) is 1. The predicted molar refractivity (Wildman–Crippen MR) is 75.0 cm³/mol. The number of carbonyl (C=O) groups is 1. The maximum absolute atomic E-state index is 12.3. The minimum atomic E-state index is -0.465. The number of nitrogens with two attached hydrogens (primary N) is 1. The molecule has 0 aliphatic rings. The summed E-state index contributed by atoms with van der Waals surface area (Å²) in [6.07, 6.45) is 0. The van der Waals surface area contributed by atoms with Gasteiger partial charge < -0.3 is 0 Å². The fraction of sp³-hybridized carbons (Fsp3) is 0. The van der Waals surface area contributed by atoms with Crippen LogP contribution in [0.25, 0.3) is 15.3 Å². The Bertz CT molecular complexity index is 815. The monoisotopic (exact) mass is 318 g/mol. The van der Waals surface area contributed by atoms with E-state index in [1.165, 1.54) is 0 Å². The second-order valence-electron chi connectivity index (χ2n) is 4.10. The quantitative estimate of drug-likeness (QED) is 0.721. The van der Waals surface area contributed by atoms with Gasteiger partial charge in [-0.05, 0) is 0 Å². The molecule has 3 rings (SSSR count). The van der Waals surface area contributed by atoms with E-state index < -0.39 is 5.91 Å². The Balaban J connectivity index is 2.16. The maximum atomic E-state index is 12.3. The molecule has 0 fully saturated rings. The molecule has 94 valence electrons. The van der Waals surface area contributed by atoms with Crippen LogP contribution in [-0.4, -0.2) is 24.2 Å². The van der Waals surface area contributed by atoms with Crippen LogP contribution < -0.4 is 11.3 Å². The van der Waals surface area contributed by atoms with Gasteiger partial charge in [0.15, 0.2) is 0 Å². The second-order valence-corrected chi connectivity index (χ2v) is 6.17. The zero-order chi connectivity index (χ0) is 13.4. The molecule has 3 aromatic rings. The molecule has 2 aromatic carbocycles. The van der Waals surface area contributed by atoms with E-state index in [0.717, 1.165) is 15.3 Å². The summed E-state index contributed by atoms with van der Waals surface area (Å²) in [5.74, 6) is -0.465. The molecule has 0 radical (unpaired) electrons. The molecule has 0 unspecified atom stereocenters. The molecule has 0 bridgehead atoms. The first-order valence-electron chi connectivity index (χ1n) is 5.68. The summed E-state index contributed by atoms with van der Waals surface area (Å²) < 4.78 is 2.83. The molecule has 0 saturated heterocycles. The van der Waals surface area contributed by atoms with Crippen LogP contribution in [0.3, 0.4) is 0 Å². The molecule has 0 saturated carbocycles. The number of amides is 1. The van der Waals surface area contributed by atoms with Gasteiger partial charge in [0.05, 0.1) is 0 Å². The molecule has 19 heavy (non-hydrogen) atoms. The number of carbonyl (C=O) groups excluding carboxylic acids is 1. The van der Waals surface area contributed by atoms with Gasteiger partial charge in [-0.2, -0.15) is 0 Å². The van der Waals surface area contributed by atoms with Crippen molar-refractivity contribution in [3.63, 3.8) is 0 Å². The van der Waals surface area contributed by atoms with Crippen LogP contribution >= 0.6 is 0 Å². The van der Waals surface area contributed by atoms with E-state index in [2.05, 4.69) is 0 Å². The van der Waals surface area contributed by atoms with Crippen molar-refractivity contribution >= 4 is 30.3 Å². The summed E-state index contributed by atoms with van der Waals surface area (Å²) in [5, 5.41) is 0.765. The first-order chi connectivity index (χ1) is 9.16. The van der Waals surface area contributed by atoms with E-state index in [9.17, 15) is 9.59 Å². The summed E-state index contributed by atoms with van der Waals surface area (Å²) in [5.41, 5.74) is 6.46. The zero-order valence-electron chi connectivity index (χ0n) is 9.87. The minimum absolute atomic E-state index is 0.0161. The van der Waals surface area contributed by atoms with Gasteiger partial charge in [0.2, 0.25) is 0 Å². The number of benzene rings is 2. The first-order valence-corrected chi connectivity index (χ1v) is 7.30. The van der Waals surface area contributed by atoms with Crippen LogP contribution in [0.1, 0.15) is 10.4 Å². The van der Waals surface area contributed by atoms with Crippen molar-refractivity contribution in [1.29, 1.82) is 0 Å². The second kappa shape index (κ2) is 4.53. The van der Waals surface area contributed by atoms with Gasteiger partial charge in [0.25, 0.3) is 0 Å². The molecular formula is C14H10N2O2Se. The van der Waals surface area contributed by atoms with E-state index in [0.29, 0.717) is 5.56 Å². The molecule has 2 N–H and O–H groups in total. The number of rotatable bonds is 2. The zero-order valence-corrected chi connectivity index (χ0v) is 11.6. The fourth-order valence-electron chi connectivity index (χ4n) is 1.90. The third-order valence-corrected chi connectivity index (χ3v) is 5.21. The van der Waals surface area contributed by atoms with Gasteiger partial charge >= 0.3 is 115 Å². The molecule has 1 heterocycles. The van der Waals surface area contributed by atoms with E-state index in [1.807, 2.05) is 24.3 Å². The van der Waals surface area contributed by atoms with Crippen molar-refractivity contribution in [2.75, 3.05) is 0 Å². The molecule has 0 aliphatic heterocycles. The van der Waals surface area contributed by atoms with Crippen molar-refractivity contribution in [2.24, 2.45) is 5.73 Å². The van der Waals surface area contributed by atoms with Gasteiger partial charge in [-0.1, -0.05) is 0 Å². The molecule has 1 aromatic heterocycles. The SMILES string of the molecule is NC(=O)c1ccc(-n2[se]c3ccccc3c2=O)cc1. The molecule has 5 heteroatoms. The molecule has 0 spiro atoms. The number of primary amides is 1. The number of aromatic nitrogens is 1. The predicted octanol–water partition coefficient (Wildman–Crippen LogP) is 1.15. The van der Waals surface area contributed by atoms with Crippen molar-refractivity contribution in [2.45, 2.75) is 0 Å². The molecule has 0 aliphatic carbocycles. The van der Waals surface area contributed by atoms with Gasteiger partial charge in [-0.25, -0.2) is 0 Å². The molecular weight excluding hydrogens is 307 g/mol. The molecule has 4 nitrogen and oxygen atoms in total. The fourth-order valence-corrected chi connectivity index (χ4v) is 4.00. The Labute approximate surface area is 115 Å². The van der Waals surface area contributed by atoms with Crippen molar-refractivity contribution in [3.05, 3.63) is 64.4 Å². The normalized spacial score (nSPS) is 10.7. The number of nitrogens with zero attached hydrogens (tertiary/aromatic N) is 1. The third-order valence-electron chi connectivity index (χ3n) is 2.88. The summed E-state index contributed by atoms with van der Waals surface area (Å²) in [6.45, 7) is 0. The van der Waals surface area contributed by atoms with E-state index in [4.69, 9.17) is 5.73 Å². The number of hydrogen-bond acceptors (Lipinski definition) is 2. The Morgan fingerprint density at radius 2 is 1.74 bits per heavy atom. The Morgan fingerprint density at radius 3 is 2.37 bits per heavy atom. The summed E-state index contributed by atoms with van der Waals surface area (Å²) in [7, 11) is 0. The average Bonchev–Trinajstić information content (AvgIpc) is 2.77.